The van der Waals surface area contributed by atoms with Crippen molar-refractivity contribution in [2.24, 2.45) is 5.73 Å². The molecule has 0 aromatic heterocycles. The molecule has 1 aromatic carbocycles. The third kappa shape index (κ3) is 3.37. The smallest absolute Gasteiger partial charge is 0.00872 e. The average molecular weight is 228 g/mol. The summed E-state index contributed by atoms with van der Waals surface area (Å²) in [4.78, 5) is 0. The van der Waals surface area contributed by atoms with E-state index in [-0.39, 0.29) is 6.04 Å². The van der Waals surface area contributed by atoms with Gasteiger partial charge in [0.15, 0.2) is 0 Å². The maximum absolute atomic E-state index is 5.89. The van der Waals surface area contributed by atoms with Crippen molar-refractivity contribution >= 4 is 15.9 Å². The lowest BCUT2D eigenvalue weighted by Gasteiger charge is -2.08. The van der Waals surface area contributed by atoms with Crippen LogP contribution in [0.2, 0.25) is 0 Å². The van der Waals surface area contributed by atoms with Crippen molar-refractivity contribution in [2.45, 2.75) is 18.9 Å². The number of rotatable bonds is 4. The molecule has 1 nitrogen and oxygen atoms in total. The number of hydrogen-bond acceptors (Lipinski definition) is 1. The Morgan fingerprint density at radius 3 is 2.50 bits per heavy atom. The highest BCUT2D eigenvalue weighted by atomic mass is 79.9. The summed E-state index contributed by atoms with van der Waals surface area (Å²) in [6.45, 7) is 0. The van der Waals surface area contributed by atoms with Gasteiger partial charge in [0.2, 0.25) is 0 Å². The van der Waals surface area contributed by atoms with Crippen LogP contribution in [0.25, 0.3) is 0 Å². The second kappa shape index (κ2) is 5.33. The molecule has 0 fully saturated rings. The Hall–Kier alpha value is -0.340. The molecule has 1 unspecified atom stereocenters. The molecular weight excluding hydrogens is 214 g/mol. The quantitative estimate of drug-likeness (QED) is 0.786. The van der Waals surface area contributed by atoms with Gasteiger partial charge in [-0.15, -0.1) is 0 Å². The topological polar surface area (TPSA) is 26.0 Å². The van der Waals surface area contributed by atoms with Crippen LogP contribution in [0.15, 0.2) is 30.3 Å². The molecule has 2 heteroatoms. The lowest BCUT2D eigenvalue weighted by atomic mass is 10.1. The fourth-order valence-corrected chi connectivity index (χ4v) is 1.75. The third-order valence-electron chi connectivity index (χ3n) is 1.82. The van der Waals surface area contributed by atoms with Crippen LogP contribution in [0.3, 0.4) is 0 Å². The molecular formula is C10H14BrN. The standard InChI is InChI=1S/C10H14BrN/c11-7-6-10(12)8-9-4-2-1-3-5-9/h1-5,10H,6-8,12H2. The SMILES string of the molecule is NC(CCBr)Cc1ccccc1. The lowest BCUT2D eigenvalue weighted by molar-refractivity contribution is 0.654. The van der Waals surface area contributed by atoms with E-state index >= 15 is 0 Å². The van der Waals surface area contributed by atoms with E-state index in [0.717, 1.165) is 18.2 Å². The van der Waals surface area contributed by atoms with Gasteiger partial charge in [-0.1, -0.05) is 46.3 Å². The van der Waals surface area contributed by atoms with Gasteiger partial charge in [0.25, 0.3) is 0 Å². The molecule has 0 amide bonds. The zero-order valence-electron chi connectivity index (χ0n) is 7.04. The molecule has 0 radical (unpaired) electrons. The Morgan fingerprint density at radius 2 is 1.92 bits per heavy atom. The van der Waals surface area contributed by atoms with Crippen molar-refractivity contribution in [3.63, 3.8) is 0 Å². The Balaban J connectivity index is 2.41. The van der Waals surface area contributed by atoms with E-state index < -0.39 is 0 Å². The van der Waals surface area contributed by atoms with Crippen LogP contribution in [0.4, 0.5) is 0 Å². The molecule has 1 rings (SSSR count). The van der Waals surface area contributed by atoms with Crippen LogP contribution in [-0.4, -0.2) is 11.4 Å². The van der Waals surface area contributed by atoms with Gasteiger partial charge in [0.1, 0.15) is 0 Å². The Morgan fingerprint density at radius 1 is 1.25 bits per heavy atom. The van der Waals surface area contributed by atoms with Crippen molar-refractivity contribution in [1.29, 1.82) is 0 Å². The highest BCUT2D eigenvalue weighted by Crippen LogP contribution is 2.04. The van der Waals surface area contributed by atoms with E-state index in [1.165, 1.54) is 5.56 Å². The summed E-state index contributed by atoms with van der Waals surface area (Å²) in [5, 5.41) is 0.987. The third-order valence-corrected chi connectivity index (χ3v) is 2.28. The van der Waals surface area contributed by atoms with E-state index in [4.69, 9.17) is 5.73 Å². The molecule has 0 aliphatic heterocycles. The first kappa shape index (κ1) is 9.75. The number of nitrogens with two attached hydrogens (primary N) is 1. The first-order valence-electron chi connectivity index (χ1n) is 4.18. The molecule has 1 aromatic rings. The maximum atomic E-state index is 5.89. The zero-order chi connectivity index (χ0) is 8.81. The van der Waals surface area contributed by atoms with Crippen molar-refractivity contribution in [3.8, 4) is 0 Å². The normalized spacial score (nSPS) is 12.8. The summed E-state index contributed by atoms with van der Waals surface area (Å²) < 4.78 is 0. The van der Waals surface area contributed by atoms with E-state index in [1.807, 2.05) is 6.07 Å². The first-order chi connectivity index (χ1) is 5.83. The molecule has 0 saturated heterocycles. The van der Waals surface area contributed by atoms with Gasteiger partial charge in [-0.2, -0.15) is 0 Å². The van der Waals surface area contributed by atoms with Crippen LogP contribution in [0.1, 0.15) is 12.0 Å². The van der Waals surface area contributed by atoms with Crippen LogP contribution >= 0.6 is 15.9 Å². The first-order valence-corrected chi connectivity index (χ1v) is 5.30. The van der Waals surface area contributed by atoms with Crippen LogP contribution in [0, 0.1) is 0 Å². The van der Waals surface area contributed by atoms with Crippen LogP contribution in [-0.2, 0) is 6.42 Å². The van der Waals surface area contributed by atoms with Crippen molar-refractivity contribution < 1.29 is 0 Å². The molecule has 2 N–H and O–H groups in total. The number of hydrogen-bond donors (Lipinski definition) is 1. The van der Waals surface area contributed by atoms with E-state index in [0.29, 0.717) is 0 Å². The molecule has 12 heavy (non-hydrogen) atoms. The van der Waals surface area contributed by atoms with Gasteiger partial charge in [-0.05, 0) is 18.4 Å². The lowest BCUT2D eigenvalue weighted by Crippen LogP contribution is -2.22. The monoisotopic (exact) mass is 227 g/mol. The molecule has 1 atom stereocenters. The molecule has 0 aliphatic carbocycles. The molecule has 66 valence electrons. The highest BCUT2D eigenvalue weighted by molar-refractivity contribution is 9.09. The van der Waals surface area contributed by atoms with E-state index in [9.17, 15) is 0 Å². The molecule has 0 bridgehead atoms. The number of alkyl halides is 1. The highest BCUT2D eigenvalue weighted by Gasteiger charge is 2.01. The summed E-state index contributed by atoms with van der Waals surface area (Å²) in [7, 11) is 0. The number of benzene rings is 1. The van der Waals surface area contributed by atoms with E-state index in [2.05, 4.69) is 40.2 Å². The number of halogens is 1. The Kier molecular flexibility index (Phi) is 4.33. The zero-order valence-corrected chi connectivity index (χ0v) is 8.63. The Bertz CT molecular complexity index is 210. The Labute approximate surface area is 82.1 Å². The average Bonchev–Trinajstić information content (AvgIpc) is 2.06. The second-order valence-corrected chi connectivity index (χ2v) is 3.72. The predicted molar refractivity (Wildman–Crippen MR) is 56.5 cm³/mol. The van der Waals surface area contributed by atoms with Gasteiger partial charge in [0.05, 0.1) is 0 Å². The van der Waals surface area contributed by atoms with Gasteiger partial charge < -0.3 is 5.73 Å². The minimum atomic E-state index is 0.284. The summed E-state index contributed by atoms with van der Waals surface area (Å²) >= 11 is 3.38. The summed E-state index contributed by atoms with van der Waals surface area (Å²) in [6, 6.07) is 10.7. The van der Waals surface area contributed by atoms with Crippen LogP contribution in [0.5, 0.6) is 0 Å². The minimum absolute atomic E-state index is 0.284. The van der Waals surface area contributed by atoms with Gasteiger partial charge >= 0.3 is 0 Å². The summed E-state index contributed by atoms with van der Waals surface area (Å²) in [5.74, 6) is 0. The molecule has 0 aliphatic rings. The molecule has 0 spiro atoms. The van der Waals surface area contributed by atoms with Gasteiger partial charge in [0, 0.05) is 11.4 Å². The van der Waals surface area contributed by atoms with E-state index in [1.54, 1.807) is 0 Å². The van der Waals surface area contributed by atoms with Gasteiger partial charge in [-0.25, -0.2) is 0 Å². The summed E-state index contributed by atoms with van der Waals surface area (Å²) in [6.07, 6.45) is 2.02. The maximum Gasteiger partial charge on any atom is 0.00872 e. The van der Waals surface area contributed by atoms with Crippen LogP contribution < -0.4 is 5.73 Å². The predicted octanol–water partition coefficient (Wildman–Crippen LogP) is 2.34. The molecule has 0 heterocycles. The van der Waals surface area contributed by atoms with Crippen molar-refractivity contribution in [3.05, 3.63) is 35.9 Å². The largest absolute Gasteiger partial charge is 0.327 e. The summed E-state index contributed by atoms with van der Waals surface area (Å²) in [5.41, 5.74) is 7.21. The van der Waals surface area contributed by atoms with Crippen molar-refractivity contribution in [1.82, 2.24) is 0 Å². The minimum Gasteiger partial charge on any atom is -0.327 e. The fraction of sp³-hybridized carbons (Fsp3) is 0.400. The molecule has 0 saturated carbocycles. The van der Waals surface area contributed by atoms with Gasteiger partial charge in [-0.3, -0.25) is 0 Å². The fourth-order valence-electron chi connectivity index (χ4n) is 1.16. The second-order valence-electron chi connectivity index (χ2n) is 2.93. The van der Waals surface area contributed by atoms with Crippen molar-refractivity contribution in [2.75, 3.05) is 5.33 Å².